The van der Waals surface area contributed by atoms with Crippen molar-refractivity contribution in [3.05, 3.63) is 49.6 Å². The maximum absolute atomic E-state index is 11.6. The van der Waals surface area contributed by atoms with Gasteiger partial charge in [-0.15, -0.1) is 5.10 Å². The number of hydrazone groups is 1. The van der Waals surface area contributed by atoms with Gasteiger partial charge in [-0.1, -0.05) is 11.6 Å². The van der Waals surface area contributed by atoms with E-state index in [9.17, 15) is 14.4 Å². The van der Waals surface area contributed by atoms with E-state index in [1.807, 2.05) is 17.0 Å². The minimum atomic E-state index is -0.737. The quantitative estimate of drug-likeness (QED) is 0.403. The molecule has 10 nitrogen and oxygen atoms in total. The van der Waals surface area contributed by atoms with Gasteiger partial charge < -0.3 is 10.1 Å². The standard InChI is InChI=1S/C14H15ClN6O4/c1-2-25-10-4-3-8(5-9(10)15)6-17-19-11(22)7-16-12-13(23)18-14(24)21-20-12/h3-6H,2,7H2,1H3,(H,16,20)(H,19,22)(H2,18,21,23,24)/b17-6+. The Morgan fingerprint density at radius 2 is 2.24 bits per heavy atom. The molecule has 132 valence electrons. The zero-order chi connectivity index (χ0) is 18.2. The Morgan fingerprint density at radius 1 is 1.44 bits per heavy atom. The zero-order valence-corrected chi connectivity index (χ0v) is 13.9. The number of aromatic amines is 2. The summed E-state index contributed by atoms with van der Waals surface area (Å²) >= 11 is 6.04. The SMILES string of the molecule is CCOc1ccc(/C=N/NC(=O)CNc2n[nH]c(=O)[nH]c2=O)cc1Cl. The van der Waals surface area contributed by atoms with Crippen LogP contribution in [0.4, 0.5) is 5.82 Å². The lowest BCUT2D eigenvalue weighted by Gasteiger charge is -2.05. The third kappa shape index (κ3) is 5.46. The summed E-state index contributed by atoms with van der Waals surface area (Å²) in [5.41, 5.74) is 1.47. The molecule has 1 heterocycles. The fourth-order valence-electron chi connectivity index (χ4n) is 1.72. The third-order valence-electron chi connectivity index (χ3n) is 2.79. The van der Waals surface area contributed by atoms with Crippen molar-refractivity contribution in [1.82, 2.24) is 20.6 Å². The number of hydrogen-bond acceptors (Lipinski definition) is 7. The molecule has 11 heteroatoms. The van der Waals surface area contributed by atoms with Gasteiger partial charge in [0.2, 0.25) is 5.82 Å². The smallest absolute Gasteiger partial charge is 0.342 e. The first kappa shape index (κ1) is 18.2. The molecule has 0 aliphatic rings. The highest BCUT2D eigenvalue weighted by molar-refractivity contribution is 6.32. The van der Waals surface area contributed by atoms with Gasteiger partial charge in [0.05, 0.1) is 24.4 Å². The Morgan fingerprint density at radius 3 is 2.92 bits per heavy atom. The Bertz CT molecular complexity index is 891. The minimum absolute atomic E-state index is 0.183. The molecule has 2 aromatic rings. The molecule has 1 aromatic heterocycles. The van der Waals surface area contributed by atoms with Crippen LogP contribution in [0.15, 0.2) is 32.9 Å². The molecule has 2 rings (SSSR count). The molecule has 0 aliphatic carbocycles. The molecule has 0 radical (unpaired) electrons. The fraction of sp³-hybridized carbons (Fsp3) is 0.214. The topological polar surface area (TPSA) is 141 Å². The zero-order valence-electron chi connectivity index (χ0n) is 13.1. The normalized spacial score (nSPS) is 10.6. The van der Waals surface area contributed by atoms with E-state index in [4.69, 9.17) is 16.3 Å². The van der Waals surface area contributed by atoms with Gasteiger partial charge in [0, 0.05) is 0 Å². The average Bonchev–Trinajstić information content (AvgIpc) is 2.56. The summed E-state index contributed by atoms with van der Waals surface area (Å²) in [6.45, 7) is 2.10. The molecule has 1 amide bonds. The molecular weight excluding hydrogens is 352 g/mol. The van der Waals surface area contributed by atoms with Gasteiger partial charge in [0.15, 0.2) is 0 Å². The maximum atomic E-state index is 11.6. The van der Waals surface area contributed by atoms with Crippen molar-refractivity contribution in [3.8, 4) is 5.75 Å². The number of ether oxygens (including phenoxy) is 1. The number of hydrogen-bond donors (Lipinski definition) is 4. The molecule has 0 saturated carbocycles. The number of anilines is 1. The molecule has 0 fully saturated rings. The lowest BCUT2D eigenvalue weighted by molar-refractivity contribution is -0.119. The number of carbonyl (C=O) groups is 1. The molecule has 1 aromatic carbocycles. The van der Waals surface area contributed by atoms with Crippen LogP contribution in [-0.4, -0.2) is 40.5 Å². The van der Waals surface area contributed by atoms with E-state index in [2.05, 4.69) is 20.9 Å². The second-order valence-corrected chi connectivity index (χ2v) is 5.03. The van der Waals surface area contributed by atoms with E-state index < -0.39 is 17.2 Å². The Hall–Kier alpha value is -3.14. The largest absolute Gasteiger partial charge is 0.492 e. The van der Waals surface area contributed by atoms with Gasteiger partial charge in [0.25, 0.3) is 11.5 Å². The summed E-state index contributed by atoms with van der Waals surface area (Å²) in [6.07, 6.45) is 1.41. The highest BCUT2D eigenvalue weighted by Crippen LogP contribution is 2.24. The van der Waals surface area contributed by atoms with Crippen molar-refractivity contribution in [3.63, 3.8) is 0 Å². The van der Waals surface area contributed by atoms with Gasteiger partial charge in [-0.3, -0.25) is 14.6 Å². The number of amides is 1. The number of carbonyl (C=O) groups excluding carboxylic acids is 1. The highest BCUT2D eigenvalue weighted by atomic mass is 35.5. The summed E-state index contributed by atoms with van der Waals surface area (Å²) in [4.78, 5) is 35.8. The Labute approximate surface area is 146 Å². The van der Waals surface area contributed by atoms with Crippen LogP contribution in [0.2, 0.25) is 5.02 Å². The van der Waals surface area contributed by atoms with Gasteiger partial charge in [-0.05, 0) is 30.7 Å². The fourth-order valence-corrected chi connectivity index (χ4v) is 1.96. The minimum Gasteiger partial charge on any atom is -0.492 e. The van der Waals surface area contributed by atoms with E-state index in [0.29, 0.717) is 22.9 Å². The van der Waals surface area contributed by atoms with Crippen LogP contribution in [0.3, 0.4) is 0 Å². The molecule has 0 saturated heterocycles. The van der Waals surface area contributed by atoms with E-state index in [1.54, 1.807) is 18.2 Å². The van der Waals surface area contributed by atoms with Crippen molar-refractivity contribution in [2.24, 2.45) is 5.10 Å². The van der Waals surface area contributed by atoms with Gasteiger partial charge in [-0.25, -0.2) is 15.3 Å². The van der Waals surface area contributed by atoms with E-state index in [1.165, 1.54) is 6.21 Å². The van der Waals surface area contributed by atoms with Crippen molar-refractivity contribution in [1.29, 1.82) is 0 Å². The number of nitrogens with zero attached hydrogens (tertiary/aromatic N) is 2. The molecule has 4 N–H and O–H groups in total. The van der Waals surface area contributed by atoms with Crippen LogP contribution >= 0.6 is 11.6 Å². The van der Waals surface area contributed by atoms with Crippen LogP contribution in [0.25, 0.3) is 0 Å². The number of rotatable bonds is 7. The molecule has 0 atom stereocenters. The summed E-state index contributed by atoms with van der Waals surface area (Å²) in [5, 5.41) is 12.2. The molecule has 0 bridgehead atoms. The second-order valence-electron chi connectivity index (χ2n) is 4.63. The molecule has 0 spiro atoms. The summed E-state index contributed by atoms with van der Waals surface area (Å²) in [6, 6.07) is 5.07. The maximum Gasteiger partial charge on any atom is 0.342 e. The van der Waals surface area contributed by atoms with E-state index in [-0.39, 0.29) is 12.4 Å². The van der Waals surface area contributed by atoms with Crippen molar-refractivity contribution in [2.45, 2.75) is 6.92 Å². The van der Waals surface area contributed by atoms with Gasteiger partial charge in [0.1, 0.15) is 5.75 Å². The van der Waals surface area contributed by atoms with Crippen molar-refractivity contribution < 1.29 is 9.53 Å². The van der Waals surface area contributed by atoms with E-state index in [0.717, 1.165) is 0 Å². The van der Waals surface area contributed by atoms with Crippen LogP contribution in [0.5, 0.6) is 5.75 Å². The van der Waals surface area contributed by atoms with Crippen molar-refractivity contribution >= 4 is 29.5 Å². The number of benzene rings is 1. The predicted molar refractivity (Wildman–Crippen MR) is 92.3 cm³/mol. The van der Waals surface area contributed by atoms with Gasteiger partial charge in [-0.2, -0.15) is 5.10 Å². The first-order valence-electron chi connectivity index (χ1n) is 7.16. The van der Waals surface area contributed by atoms with Crippen LogP contribution in [-0.2, 0) is 4.79 Å². The number of H-pyrrole nitrogens is 2. The first-order valence-corrected chi connectivity index (χ1v) is 7.54. The Balaban J connectivity index is 1.87. The monoisotopic (exact) mass is 366 g/mol. The molecule has 0 unspecified atom stereocenters. The number of aromatic nitrogens is 3. The second kappa shape index (κ2) is 8.64. The summed E-state index contributed by atoms with van der Waals surface area (Å²) in [5.74, 6) is -0.133. The van der Waals surface area contributed by atoms with Crippen molar-refractivity contribution in [2.75, 3.05) is 18.5 Å². The summed E-state index contributed by atoms with van der Waals surface area (Å²) < 4.78 is 5.31. The Kier molecular flexibility index (Phi) is 6.29. The molecule has 25 heavy (non-hydrogen) atoms. The average molecular weight is 367 g/mol. The first-order chi connectivity index (χ1) is 12.0. The highest BCUT2D eigenvalue weighted by Gasteiger charge is 2.05. The molecular formula is C14H15ClN6O4. The lowest BCUT2D eigenvalue weighted by atomic mass is 10.2. The van der Waals surface area contributed by atoms with Crippen LogP contribution < -0.4 is 26.7 Å². The van der Waals surface area contributed by atoms with Crippen LogP contribution in [0, 0.1) is 0 Å². The lowest BCUT2D eigenvalue weighted by Crippen LogP contribution is -2.31. The third-order valence-corrected chi connectivity index (χ3v) is 3.08. The predicted octanol–water partition coefficient (Wildman–Crippen LogP) is 0.0725. The number of halogens is 1. The number of nitrogens with one attached hydrogen (secondary N) is 4. The van der Waals surface area contributed by atoms with E-state index >= 15 is 0 Å². The molecule has 0 aliphatic heterocycles. The van der Waals surface area contributed by atoms with Gasteiger partial charge >= 0.3 is 5.69 Å². The summed E-state index contributed by atoms with van der Waals surface area (Å²) in [7, 11) is 0. The van der Waals surface area contributed by atoms with Crippen LogP contribution in [0.1, 0.15) is 12.5 Å².